The van der Waals surface area contributed by atoms with Gasteiger partial charge in [-0.3, -0.25) is 0 Å². The molecule has 2 nitrogen and oxygen atoms in total. The first kappa shape index (κ1) is 13.1. The first-order chi connectivity index (χ1) is 9.18. The normalized spacial score (nSPS) is 18.6. The van der Waals surface area contributed by atoms with Crippen LogP contribution in [0, 0.1) is 5.41 Å². The fraction of sp³-hybridized carbons (Fsp3) is 0.562. The Labute approximate surface area is 119 Å². The molecular weight excluding hydrogens is 252 g/mol. The van der Waals surface area contributed by atoms with Crippen LogP contribution in [0.4, 0.5) is 0 Å². The van der Waals surface area contributed by atoms with E-state index in [9.17, 15) is 0 Å². The Kier molecular flexibility index (Phi) is 3.59. The van der Waals surface area contributed by atoms with Crippen molar-refractivity contribution in [3.05, 3.63) is 29.3 Å². The van der Waals surface area contributed by atoms with Crippen LogP contribution in [0.1, 0.15) is 38.1 Å². The van der Waals surface area contributed by atoms with E-state index in [0.29, 0.717) is 5.41 Å². The van der Waals surface area contributed by atoms with Crippen LogP contribution in [0.5, 0.6) is 0 Å². The summed E-state index contributed by atoms with van der Waals surface area (Å²) in [5.41, 5.74) is 1.48. The number of aromatic nitrogens is 1. The monoisotopic (exact) mass is 274 g/mol. The summed E-state index contributed by atoms with van der Waals surface area (Å²) in [6.07, 6.45) is 5.01. The van der Waals surface area contributed by atoms with Gasteiger partial charge >= 0.3 is 0 Å². The van der Waals surface area contributed by atoms with E-state index in [1.54, 1.807) is 0 Å². The Bertz CT molecular complexity index is 526. The molecule has 0 spiro atoms. The van der Waals surface area contributed by atoms with Gasteiger partial charge in [0.25, 0.3) is 0 Å². The first-order valence-corrected chi connectivity index (χ1v) is 8.08. The predicted octanol–water partition coefficient (Wildman–Crippen LogP) is 4.01. The summed E-state index contributed by atoms with van der Waals surface area (Å²) in [4.78, 5) is 4.78. The largest absolute Gasteiger partial charge is 0.313 e. The van der Waals surface area contributed by atoms with E-state index >= 15 is 0 Å². The van der Waals surface area contributed by atoms with Crippen LogP contribution >= 0.6 is 11.3 Å². The third-order valence-electron chi connectivity index (χ3n) is 4.16. The average molecular weight is 274 g/mol. The second-order valence-corrected chi connectivity index (χ2v) is 7.19. The Morgan fingerprint density at radius 3 is 2.84 bits per heavy atom. The van der Waals surface area contributed by atoms with E-state index in [4.69, 9.17) is 4.98 Å². The van der Waals surface area contributed by atoms with Gasteiger partial charge in [0.2, 0.25) is 0 Å². The smallest absolute Gasteiger partial charge is 0.0944 e. The van der Waals surface area contributed by atoms with Crippen LogP contribution in [0.2, 0.25) is 0 Å². The van der Waals surface area contributed by atoms with Crippen molar-refractivity contribution < 1.29 is 0 Å². The Balaban J connectivity index is 1.72. The van der Waals surface area contributed by atoms with Crippen molar-refractivity contribution >= 4 is 21.6 Å². The molecule has 1 aromatic carbocycles. The molecule has 1 aromatic heterocycles. The third-order valence-corrected chi connectivity index (χ3v) is 5.20. The van der Waals surface area contributed by atoms with E-state index in [1.807, 2.05) is 11.3 Å². The zero-order chi connectivity index (χ0) is 13.3. The second-order valence-electron chi connectivity index (χ2n) is 6.07. The quantitative estimate of drug-likeness (QED) is 0.861. The Hall–Kier alpha value is -0.930. The predicted molar refractivity (Wildman–Crippen MR) is 82.7 cm³/mol. The van der Waals surface area contributed by atoms with Crippen LogP contribution in [0.15, 0.2) is 24.3 Å². The van der Waals surface area contributed by atoms with Gasteiger partial charge in [-0.05, 0) is 36.8 Å². The summed E-state index contributed by atoms with van der Waals surface area (Å²) in [5, 5.41) is 4.96. The van der Waals surface area contributed by atoms with Gasteiger partial charge in [-0.15, -0.1) is 11.3 Å². The van der Waals surface area contributed by atoms with E-state index in [1.165, 1.54) is 29.0 Å². The molecule has 0 bridgehead atoms. The molecule has 0 radical (unpaired) electrons. The van der Waals surface area contributed by atoms with Crippen molar-refractivity contribution in [1.82, 2.24) is 10.3 Å². The fourth-order valence-electron chi connectivity index (χ4n) is 2.35. The molecule has 1 saturated carbocycles. The zero-order valence-electron chi connectivity index (χ0n) is 11.8. The number of nitrogens with one attached hydrogen (secondary N) is 1. The van der Waals surface area contributed by atoms with E-state index < -0.39 is 0 Å². The molecule has 0 saturated heterocycles. The van der Waals surface area contributed by atoms with Crippen LogP contribution in [-0.2, 0) is 6.42 Å². The maximum atomic E-state index is 4.78. The third kappa shape index (κ3) is 3.15. The number of hydrogen-bond acceptors (Lipinski definition) is 3. The molecule has 0 amide bonds. The molecular formula is C16H22N2S. The standard InChI is InChI=1S/C16H22N2S/c1-3-16(2,11-17-12-8-9-12)10-15-18-13-6-4-5-7-14(13)19-15/h4-7,12,17H,3,8-11H2,1-2H3. The summed E-state index contributed by atoms with van der Waals surface area (Å²) >= 11 is 1.85. The highest BCUT2D eigenvalue weighted by atomic mass is 32.1. The molecule has 19 heavy (non-hydrogen) atoms. The molecule has 102 valence electrons. The molecule has 1 aliphatic carbocycles. The highest BCUT2D eigenvalue weighted by Gasteiger charge is 2.28. The van der Waals surface area contributed by atoms with Gasteiger partial charge in [0, 0.05) is 19.0 Å². The van der Waals surface area contributed by atoms with Gasteiger partial charge < -0.3 is 5.32 Å². The lowest BCUT2D eigenvalue weighted by molar-refractivity contribution is 0.289. The summed E-state index contributed by atoms with van der Waals surface area (Å²) in [7, 11) is 0. The molecule has 2 aromatic rings. The molecule has 1 heterocycles. The van der Waals surface area contributed by atoms with Gasteiger partial charge in [-0.2, -0.15) is 0 Å². The Morgan fingerprint density at radius 1 is 1.37 bits per heavy atom. The van der Waals surface area contributed by atoms with Crippen LogP contribution in [0.3, 0.4) is 0 Å². The number of para-hydroxylation sites is 1. The van der Waals surface area contributed by atoms with Crippen molar-refractivity contribution in [3.63, 3.8) is 0 Å². The number of benzene rings is 1. The van der Waals surface area contributed by atoms with Crippen molar-refractivity contribution in [2.45, 2.75) is 45.6 Å². The van der Waals surface area contributed by atoms with E-state index in [-0.39, 0.29) is 0 Å². The van der Waals surface area contributed by atoms with Crippen molar-refractivity contribution in [2.75, 3.05) is 6.54 Å². The van der Waals surface area contributed by atoms with Gasteiger partial charge in [0.05, 0.1) is 15.2 Å². The number of rotatable bonds is 6. The lowest BCUT2D eigenvalue weighted by atomic mass is 9.84. The summed E-state index contributed by atoms with van der Waals surface area (Å²) in [6.45, 7) is 5.79. The number of thiazole rings is 1. The average Bonchev–Trinajstić information content (AvgIpc) is 3.16. The van der Waals surface area contributed by atoms with Gasteiger partial charge in [0.15, 0.2) is 0 Å². The number of nitrogens with zero attached hydrogens (tertiary/aromatic N) is 1. The molecule has 3 rings (SSSR count). The number of fused-ring (bicyclic) bond motifs is 1. The molecule has 1 atom stereocenters. The molecule has 1 unspecified atom stereocenters. The first-order valence-electron chi connectivity index (χ1n) is 7.26. The summed E-state index contributed by atoms with van der Waals surface area (Å²) in [6, 6.07) is 9.24. The van der Waals surface area contributed by atoms with Crippen molar-refractivity contribution in [3.8, 4) is 0 Å². The Morgan fingerprint density at radius 2 is 2.16 bits per heavy atom. The highest BCUT2D eigenvalue weighted by molar-refractivity contribution is 7.18. The topological polar surface area (TPSA) is 24.9 Å². The van der Waals surface area contributed by atoms with Gasteiger partial charge in [-0.25, -0.2) is 4.98 Å². The highest BCUT2D eigenvalue weighted by Crippen LogP contribution is 2.31. The molecule has 1 aliphatic rings. The maximum Gasteiger partial charge on any atom is 0.0944 e. The minimum Gasteiger partial charge on any atom is -0.313 e. The van der Waals surface area contributed by atoms with Crippen LogP contribution in [0.25, 0.3) is 10.2 Å². The SMILES string of the molecule is CCC(C)(CNC1CC1)Cc1nc2ccccc2s1. The minimum absolute atomic E-state index is 0.330. The molecule has 1 N–H and O–H groups in total. The lowest BCUT2D eigenvalue weighted by Gasteiger charge is -2.27. The van der Waals surface area contributed by atoms with Crippen LogP contribution < -0.4 is 5.32 Å². The summed E-state index contributed by atoms with van der Waals surface area (Å²) in [5.74, 6) is 0. The van der Waals surface area contributed by atoms with Crippen molar-refractivity contribution in [2.24, 2.45) is 5.41 Å². The van der Waals surface area contributed by atoms with Gasteiger partial charge in [-0.1, -0.05) is 26.0 Å². The minimum atomic E-state index is 0.330. The lowest BCUT2D eigenvalue weighted by Crippen LogP contribution is -2.34. The summed E-state index contributed by atoms with van der Waals surface area (Å²) < 4.78 is 1.31. The zero-order valence-corrected chi connectivity index (χ0v) is 12.6. The second kappa shape index (κ2) is 5.22. The molecule has 3 heteroatoms. The fourth-order valence-corrected chi connectivity index (χ4v) is 3.53. The van der Waals surface area contributed by atoms with Crippen molar-refractivity contribution in [1.29, 1.82) is 0 Å². The van der Waals surface area contributed by atoms with E-state index in [0.717, 1.165) is 24.5 Å². The number of hydrogen-bond donors (Lipinski definition) is 1. The molecule has 1 fully saturated rings. The van der Waals surface area contributed by atoms with E-state index in [2.05, 4.69) is 43.4 Å². The van der Waals surface area contributed by atoms with Crippen LogP contribution in [-0.4, -0.2) is 17.6 Å². The van der Waals surface area contributed by atoms with Gasteiger partial charge in [0.1, 0.15) is 0 Å². The molecule has 0 aliphatic heterocycles. The maximum absolute atomic E-state index is 4.78.